The molecule has 0 bridgehead atoms. The van der Waals surface area contributed by atoms with Gasteiger partial charge >= 0.3 is 0 Å². The van der Waals surface area contributed by atoms with Crippen LogP contribution < -0.4 is 15.4 Å². The van der Waals surface area contributed by atoms with Crippen LogP contribution in [0, 0.1) is 0 Å². The van der Waals surface area contributed by atoms with Crippen molar-refractivity contribution in [3.05, 3.63) is 65.2 Å². The van der Waals surface area contributed by atoms with Crippen LogP contribution in [0.5, 0.6) is 5.75 Å². The first-order chi connectivity index (χ1) is 14.2. The molecule has 0 spiro atoms. The van der Waals surface area contributed by atoms with Crippen LogP contribution in [0.2, 0.25) is 0 Å². The summed E-state index contributed by atoms with van der Waals surface area (Å²) in [4.78, 5) is 18.6. The molecule has 0 radical (unpaired) electrons. The minimum Gasteiger partial charge on any atom is -0.497 e. The zero-order chi connectivity index (χ0) is 20.5. The van der Waals surface area contributed by atoms with Crippen LogP contribution in [0.25, 0.3) is 0 Å². The molecule has 29 heavy (non-hydrogen) atoms. The topological polar surface area (TPSA) is 66.0 Å². The van der Waals surface area contributed by atoms with Gasteiger partial charge in [0.15, 0.2) is 5.96 Å². The number of nitrogens with one attached hydrogen (secondary N) is 2. The number of benzene rings is 2. The second-order valence-electron chi connectivity index (χ2n) is 7.09. The smallest absolute Gasteiger partial charge is 0.222 e. The van der Waals surface area contributed by atoms with Crippen LogP contribution >= 0.6 is 0 Å². The molecule has 1 aliphatic rings. The number of rotatable bonds is 8. The van der Waals surface area contributed by atoms with Crippen molar-refractivity contribution in [1.82, 2.24) is 15.5 Å². The Bertz CT molecular complexity index is 850. The molecule has 0 atom stereocenters. The number of guanidine groups is 1. The molecule has 3 rings (SSSR count). The van der Waals surface area contributed by atoms with E-state index in [9.17, 15) is 4.79 Å². The van der Waals surface area contributed by atoms with Crippen molar-refractivity contribution in [3.63, 3.8) is 0 Å². The highest BCUT2D eigenvalue weighted by atomic mass is 16.5. The van der Waals surface area contributed by atoms with Crippen molar-refractivity contribution < 1.29 is 9.53 Å². The van der Waals surface area contributed by atoms with E-state index in [1.165, 1.54) is 11.1 Å². The molecule has 0 saturated carbocycles. The van der Waals surface area contributed by atoms with Gasteiger partial charge in [-0.15, -0.1) is 0 Å². The third-order valence-corrected chi connectivity index (χ3v) is 5.00. The summed E-state index contributed by atoms with van der Waals surface area (Å²) in [6.07, 6.45) is 1.63. The third kappa shape index (κ3) is 5.98. The molecule has 2 aromatic rings. The lowest BCUT2D eigenvalue weighted by molar-refractivity contribution is -0.128. The molecule has 2 aromatic carbocycles. The van der Waals surface area contributed by atoms with Gasteiger partial charge in [0, 0.05) is 32.6 Å². The number of carbonyl (C=O) groups excluding carboxylic acids is 1. The fraction of sp³-hybridized carbons (Fsp3) is 0.391. The summed E-state index contributed by atoms with van der Waals surface area (Å²) in [5, 5.41) is 6.71. The summed E-state index contributed by atoms with van der Waals surface area (Å²) >= 11 is 0. The van der Waals surface area contributed by atoms with Crippen molar-refractivity contribution >= 4 is 11.9 Å². The van der Waals surface area contributed by atoms with Gasteiger partial charge in [0.05, 0.1) is 13.7 Å². The molecule has 1 heterocycles. The first-order valence-corrected chi connectivity index (χ1v) is 10.2. The standard InChI is InChI=1S/C23H30N4O2/c1-3-24-23(25-15-18-8-6-11-21(14-18)29-2)26-16-19-9-4-5-10-20(19)17-27-13-7-12-22(27)28/h4-6,8-11,14H,3,7,12-13,15-17H2,1-2H3,(H2,24,25,26). The van der Waals surface area contributed by atoms with Crippen LogP contribution in [-0.2, 0) is 24.4 Å². The number of methoxy groups -OCH3 is 1. The second-order valence-corrected chi connectivity index (χ2v) is 7.09. The van der Waals surface area contributed by atoms with Gasteiger partial charge in [-0.05, 0) is 42.2 Å². The quantitative estimate of drug-likeness (QED) is 0.533. The first-order valence-electron chi connectivity index (χ1n) is 10.2. The first kappa shape index (κ1) is 20.7. The number of carbonyl (C=O) groups is 1. The van der Waals surface area contributed by atoms with Gasteiger partial charge in [-0.1, -0.05) is 36.4 Å². The molecule has 2 N–H and O–H groups in total. The Balaban J connectivity index is 1.64. The van der Waals surface area contributed by atoms with E-state index in [1.54, 1.807) is 7.11 Å². The lowest BCUT2D eigenvalue weighted by Crippen LogP contribution is -2.37. The molecule has 6 nitrogen and oxygen atoms in total. The van der Waals surface area contributed by atoms with Gasteiger partial charge < -0.3 is 20.3 Å². The van der Waals surface area contributed by atoms with E-state index < -0.39 is 0 Å². The largest absolute Gasteiger partial charge is 0.497 e. The minimum absolute atomic E-state index is 0.251. The maximum absolute atomic E-state index is 12.0. The molecule has 6 heteroatoms. The van der Waals surface area contributed by atoms with E-state index in [0.717, 1.165) is 36.8 Å². The SMILES string of the molecule is CCNC(=NCc1cccc(OC)c1)NCc1ccccc1CN1CCCC1=O. The van der Waals surface area contributed by atoms with E-state index in [1.807, 2.05) is 41.3 Å². The molecule has 1 saturated heterocycles. The normalized spacial score (nSPS) is 14.2. The fourth-order valence-electron chi connectivity index (χ4n) is 3.42. The number of hydrogen-bond donors (Lipinski definition) is 2. The molecular weight excluding hydrogens is 364 g/mol. The van der Waals surface area contributed by atoms with Crippen molar-refractivity contribution in [3.8, 4) is 5.75 Å². The number of likely N-dealkylation sites (tertiary alicyclic amines) is 1. The predicted octanol–water partition coefficient (Wildman–Crippen LogP) is 3.07. The van der Waals surface area contributed by atoms with E-state index in [4.69, 9.17) is 9.73 Å². The summed E-state index contributed by atoms with van der Waals surface area (Å²) in [7, 11) is 1.67. The predicted molar refractivity (Wildman–Crippen MR) is 116 cm³/mol. The number of amides is 1. The molecular formula is C23H30N4O2. The Labute approximate surface area is 173 Å². The number of nitrogens with zero attached hydrogens (tertiary/aromatic N) is 2. The van der Waals surface area contributed by atoms with Gasteiger partial charge in [0.1, 0.15) is 5.75 Å². The lowest BCUT2D eigenvalue weighted by Gasteiger charge is -2.19. The van der Waals surface area contributed by atoms with Crippen LogP contribution in [0.1, 0.15) is 36.5 Å². The number of ether oxygens (including phenoxy) is 1. The summed E-state index contributed by atoms with van der Waals surface area (Å²) in [5.41, 5.74) is 3.45. The zero-order valence-corrected chi connectivity index (χ0v) is 17.3. The van der Waals surface area contributed by atoms with Crippen LogP contribution in [-0.4, -0.2) is 37.0 Å². The van der Waals surface area contributed by atoms with Crippen LogP contribution in [0.15, 0.2) is 53.5 Å². The Morgan fingerprint density at radius 3 is 2.69 bits per heavy atom. The molecule has 0 aliphatic carbocycles. The maximum Gasteiger partial charge on any atom is 0.222 e. The zero-order valence-electron chi connectivity index (χ0n) is 17.3. The summed E-state index contributed by atoms with van der Waals surface area (Å²) in [6, 6.07) is 16.2. The summed E-state index contributed by atoms with van der Waals surface area (Å²) in [6.45, 7) is 5.58. The highest BCUT2D eigenvalue weighted by Gasteiger charge is 2.20. The Hall–Kier alpha value is -3.02. The second kappa shape index (κ2) is 10.5. The van der Waals surface area contributed by atoms with Gasteiger partial charge in [-0.2, -0.15) is 0 Å². The van der Waals surface area contributed by atoms with Gasteiger partial charge in [-0.25, -0.2) is 4.99 Å². The van der Waals surface area contributed by atoms with Crippen molar-refractivity contribution in [1.29, 1.82) is 0 Å². The Morgan fingerprint density at radius 2 is 1.97 bits per heavy atom. The fourth-order valence-corrected chi connectivity index (χ4v) is 3.42. The maximum atomic E-state index is 12.0. The average molecular weight is 395 g/mol. The molecule has 0 aromatic heterocycles. The Kier molecular flexibility index (Phi) is 7.50. The van der Waals surface area contributed by atoms with E-state index in [0.29, 0.717) is 26.1 Å². The van der Waals surface area contributed by atoms with E-state index >= 15 is 0 Å². The minimum atomic E-state index is 0.251. The molecule has 1 amide bonds. The van der Waals surface area contributed by atoms with Crippen molar-refractivity contribution in [2.24, 2.45) is 4.99 Å². The average Bonchev–Trinajstić information content (AvgIpc) is 3.15. The van der Waals surface area contributed by atoms with Gasteiger partial charge in [0.2, 0.25) is 5.91 Å². The monoisotopic (exact) mass is 394 g/mol. The van der Waals surface area contributed by atoms with Crippen LogP contribution in [0.3, 0.4) is 0 Å². The number of hydrogen-bond acceptors (Lipinski definition) is 3. The summed E-state index contributed by atoms with van der Waals surface area (Å²) < 4.78 is 5.28. The third-order valence-electron chi connectivity index (χ3n) is 5.00. The van der Waals surface area contributed by atoms with Gasteiger partial charge in [0.25, 0.3) is 0 Å². The van der Waals surface area contributed by atoms with E-state index in [-0.39, 0.29) is 5.91 Å². The summed E-state index contributed by atoms with van der Waals surface area (Å²) in [5.74, 6) is 1.85. The highest BCUT2D eigenvalue weighted by molar-refractivity contribution is 5.80. The number of aliphatic imine (C=N–C) groups is 1. The molecule has 1 fully saturated rings. The van der Waals surface area contributed by atoms with Crippen LogP contribution in [0.4, 0.5) is 0 Å². The van der Waals surface area contributed by atoms with Crippen molar-refractivity contribution in [2.45, 2.75) is 39.4 Å². The lowest BCUT2D eigenvalue weighted by atomic mass is 10.1. The molecule has 1 aliphatic heterocycles. The molecule has 0 unspecified atom stereocenters. The van der Waals surface area contributed by atoms with E-state index in [2.05, 4.69) is 29.7 Å². The highest BCUT2D eigenvalue weighted by Crippen LogP contribution is 2.17. The van der Waals surface area contributed by atoms with Crippen molar-refractivity contribution in [2.75, 3.05) is 20.2 Å². The Morgan fingerprint density at radius 1 is 1.14 bits per heavy atom. The van der Waals surface area contributed by atoms with Gasteiger partial charge in [-0.3, -0.25) is 4.79 Å². The molecule has 154 valence electrons.